The molecule has 4 aliphatic carbocycles. The quantitative estimate of drug-likeness (QED) is 0.0680. The molecular formula is C62H102O31. The van der Waals surface area contributed by atoms with Crippen molar-refractivity contribution in [3.8, 4) is 0 Å². The number of ether oxygens (including phenoxy) is 14. The van der Waals surface area contributed by atoms with E-state index in [0.29, 0.717) is 43.1 Å². The summed E-state index contributed by atoms with van der Waals surface area (Å²) in [6.45, 7) is 9.24. The standard InChI is InChI=1S/C62H102O31/c1-21-9-12-62(81-19-21)22(2)36-32(93-62)14-28-26-8-7-25-13-31(29(66)15-61(25,6)27(26)10-11-60(28,36)5)84-58-52(92-57-48(79)49(38(69)24(4)83-57)88-54-45(76)39(70)30(67)20-80-54)51(42(73)34(17-64)86-58)90-59-53(91-55-46(77)43(74)37(68)23(3)82-55)50(41(72)35(18-65)87-59)89-56-47(78)44(75)40(71)33(16-63)85-56/h21-59,63-79H,7-20H2,1-6H3. The predicted molar refractivity (Wildman–Crippen MR) is 306 cm³/mol. The first-order valence-electron chi connectivity index (χ1n) is 33.6. The van der Waals surface area contributed by atoms with Crippen LogP contribution in [0.4, 0.5) is 0 Å². The third kappa shape index (κ3) is 12.8. The van der Waals surface area contributed by atoms with Crippen molar-refractivity contribution in [1.82, 2.24) is 0 Å². The summed E-state index contributed by atoms with van der Waals surface area (Å²) < 4.78 is 87.8. The second-order valence-electron chi connectivity index (χ2n) is 29.6. The number of aliphatic hydroxyl groups excluding tert-OH is 17. The summed E-state index contributed by atoms with van der Waals surface area (Å²) in [6.07, 6.45) is -48.7. The van der Waals surface area contributed by atoms with Gasteiger partial charge >= 0.3 is 0 Å². The smallest absolute Gasteiger partial charge is 0.187 e. The van der Waals surface area contributed by atoms with E-state index in [-0.39, 0.29) is 34.7 Å². The minimum Gasteiger partial charge on any atom is -0.394 e. The number of fused-ring (bicyclic) bond motifs is 7. The largest absolute Gasteiger partial charge is 0.394 e. The molecule has 8 heterocycles. The Balaban J connectivity index is 0.856. The van der Waals surface area contributed by atoms with Crippen LogP contribution in [0.1, 0.15) is 99.3 Å². The van der Waals surface area contributed by atoms with E-state index in [2.05, 4.69) is 27.7 Å². The van der Waals surface area contributed by atoms with Crippen LogP contribution < -0.4 is 0 Å². The fourth-order valence-corrected chi connectivity index (χ4v) is 18.7. The third-order valence-electron chi connectivity index (χ3n) is 24.2. The van der Waals surface area contributed by atoms with Gasteiger partial charge in [0.05, 0.1) is 63.6 Å². The fourth-order valence-electron chi connectivity index (χ4n) is 18.7. The minimum absolute atomic E-state index is 0.000767. The molecule has 93 heavy (non-hydrogen) atoms. The summed E-state index contributed by atoms with van der Waals surface area (Å²) in [5.74, 6) is 1.49. The van der Waals surface area contributed by atoms with Crippen LogP contribution in [0.5, 0.6) is 0 Å². The number of hydrogen-bond donors (Lipinski definition) is 17. The van der Waals surface area contributed by atoms with E-state index in [9.17, 15) is 86.8 Å². The Labute approximate surface area is 538 Å². The van der Waals surface area contributed by atoms with Gasteiger partial charge in [0.1, 0.15) is 128 Å². The van der Waals surface area contributed by atoms with Gasteiger partial charge in [0, 0.05) is 12.3 Å². The molecule has 31 heteroatoms. The highest BCUT2D eigenvalue weighted by Crippen LogP contribution is 2.71. The molecule has 0 bridgehead atoms. The SMILES string of the molecule is CC1CCC2(OC1)OC1CC3C4CCC5CC(OC6OC(CO)C(O)C(OC7OC(CO)C(O)C(OC8OC(CO)C(O)C(O)C8O)C7OC7OC(C)C(O)C(O)C7O)C6OC6OC(C)C(O)C(OC7OCC(O)C(O)C7O)C6O)C(O)CC5(C)C4CCC3(C)C1C2C. The Hall–Kier alpha value is -1.24. The van der Waals surface area contributed by atoms with Crippen molar-refractivity contribution in [3.63, 3.8) is 0 Å². The molecule has 536 valence electrons. The van der Waals surface area contributed by atoms with Crippen molar-refractivity contribution in [2.45, 2.75) is 302 Å². The van der Waals surface area contributed by atoms with Gasteiger partial charge in [0.2, 0.25) is 0 Å². The molecule has 42 atom stereocenters. The molecule has 0 aromatic rings. The summed E-state index contributed by atoms with van der Waals surface area (Å²) in [4.78, 5) is 0. The van der Waals surface area contributed by atoms with Crippen molar-refractivity contribution >= 4 is 0 Å². The van der Waals surface area contributed by atoms with Crippen molar-refractivity contribution in [1.29, 1.82) is 0 Å². The first-order chi connectivity index (χ1) is 44.1. The number of rotatable bonds is 15. The maximum atomic E-state index is 12.6. The summed E-state index contributed by atoms with van der Waals surface area (Å²) in [5.41, 5.74) is -0.331. The van der Waals surface area contributed by atoms with Gasteiger partial charge in [-0.1, -0.05) is 27.7 Å². The molecule has 12 aliphatic rings. The van der Waals surface area contributed by atoms with Crippen LogP contribution in [0.3, 0.4) is 0 Å². The van der Waals surface area contributed by atoms with Gasteiger partial charge in [-0.3, -0.25) is 0 Å². The zero-order valence-electron chi connectivity index (χ0n) is 53.2. The molecule has 0 amide bonds. The van der Waals surface area contributed by atoms with Crippen LogP contribution in [0.2, 0.25) is 0 Å². The molecule has 1 spiro atoms. The first kappa shape index (κ1) is 71.6. The van der Waals surface area contributed by atoms with Crippen LogP contribution in [-0.2, 0) is 66.3 Å². The van der Waals surface area contributed by atoms with Crippen LogP contribution in [-0.4, -0.2) is 322 Å². The van der Waals surface area contributed by atoms with Gasteiger partial charge < -0.3 is 153 Å². The Kier molecular flexibility index (Phi) is 21.5. The van der Waals surface area contributed by atoms with Gasteiger partial charge in [-0.05, 0) is 112 Å². The molecule has 12 fully saturated rings. The van der Waals surface area contributed by atoms with Crippen molar-refractivity contribution in [3.05, 3.63) is 0 Å². The molecule has 12 rings (SSSR count). The van der Waals surface area contributed by atoms with E-state index in [1.807, 2.05) is 0 Å². The second-order valence-corrected chi connectivity index (χ2v) is 29.6. The van der Waals surface area contributed by atoms with Gasteiger partial charge in [-0.15, -0.1) is 0 Å². The number of hydrogen-bond acceptors (Lipinski definition) is 31. The lowest BCUT2D eigenvalue weighted by Gasteiger charge is -2.62. The van der Waals surface area contributed by atoms with E-state index in [1.165, 1.54) is 13.8 Å². The van der Waals surface area contributed by atoms with E-state index in [4.69, 9.17) is 66.3 Å². The van der Waals surface area contributed by atoms with Crippen molar-refractivity contribution in [2.24, 2.45) is 52.3 Å². The second kappa shape index (κ2) is 27.9. The molecule has 0 radical (unpaired) electrons. The van der Waals surface area contributed by atoms with Gasteiger partial charge in [-0.2, -0.15) is 0 Å². The van der Waals surface area contributed by atoms with Gasteiger partial charge in [0.15, 0.2) is 43.5 Å². The maximum absolute atomic E-state index is 12.6. The summed E-state index contributed by atoms with van der Waals surface area (Å²) in [7, 11) is 0. The van der Waals surface area contributed by atoms with Crippen LogP contribution >= 0.6 is 0 Å². The van der Waals surface area contributed by atoms with Crippen molar-refractivity contribution in [2.75, 3.05) is 33.0 Å². The molecule has 42 unspecified atom stereocenters. The van der Waals surface area contributed by atoms with Gasteiger partial charge in [-0.25, -0.2) is 0 Å². The van der Waals surface area contributed by atoms with Crippen LogP contribution in [0.15, 0.2) is 0 Å². The Morgan fingerprint density at radius 3 is 1.56 bits per heavy atom. The normalized spacial score (nSPS) is 58.3. The van der Waals surface area contributed by atoms with E-state index in [1.54, 1.807) is 0 Å². The number of aliphatic hydroxyl groups is 17. The molecule has 0 aromatic heterocycles. The molecule has 8 aliphatic heterocycles. The van der Waals surface area contributed by atoms with E-state index < -0.39 is 223 Å². The van der Waals surface area contributed by atoms with Gasteiger partial charge in [0.25, 0.3) is 0 Å². The average Bonchev–Trinajstić information content (AvgIpc) is 1.57. The maximum Gasteiger partial charge on any atom is 0.187 e. The summed E-state index contributed by atoms with van der Waals surface area (Å²) in [6, 6.07) is 0. The molecular weight excluding hydrogens is 1240 g/mol. The molecule has 4 saturated carbocycles. The minimum atomic E-state index is -2.15. The lowest BCUT2D eigenvalue weighted by molar-refractivity contribution is -0.418. The summed E-state index contributed by atoms with van der Waals surface area (Å²) in [5, 5.41) is 190. The first-order valence-corrected chi connectivity index (χ1v) is 33.6. The van der Waals surface area contributed by atoms with Crippen LogP contribution in [0.25, 0.3) is 0 Å². The third-order valence-corrected chi connectivity index (χ3v) is 24.2. The van der Waals surface area contributed by atoms with E-state index >= 15 is 0 Å². The highest BCUT2D eigenvalue weighted by Gasteiger charge is 2.70. The Morgan fingerprint density at radius 1 is 0.419 bits per heavy atom. The highest BCUT2D eigenvalue weighted by molar-refractivity contribution is 5.16. The fraction of sp³-hybridized carbons (Fsp3) is 1.00. The monoisotopic (exact) mass is 1340 g/mol. The lowest BCUT2D eigenvalue weighted by atomic mass is 9.44. The molecule has 8 saturated heterocycles. The molecule has 31 nitrogen and oxygen atoms in total. The Bertz CT molecular complexity index is 2470. The average molecular weight is 1340 g/mol. The Morgan fingerprint density at radius 2 is 0.946 bits per heavy atom. The predicted octanol–water partition coefficient (Wildman–Crippen LogP) is -5.60. The molecule has 0 aromatic carbocycles. The topological polar surface area (TPSA) is 473 Å². The summed E-state index contributed by atoms with van der Waals surface area (Å²) >= 11 is 0. The van der Waals surface area contributed by atoms with E-state index in [0.717, 1.165) is 44.9 Å². The zero-order valence-corrected chi connectivity index (χ0v) is 53.2. The zero-order chi connectivity index (χ0) is 66.8. The molecule has 17 N–H and O–H groups in total. The van der Waals surface area contributed by atoms with Crippen LogP contribution in [0, 0.1) is 52.3 Å². The van der Waals surface area contributed by atoms with Crippen molar-refractivity contribution < 1.29 is 153 Å². The highest BCUT2D eigenvalue weighted by atomic mass is 16.8. The lowest BCUT2D eigenvalue weighted by Crippen LogP contribution is -2.69.